The number of rotatable bonds is 5. The lowest BCUT2D eigenvalue weighted by Crippen LogP contribution is -2.39. The molecule has 2 amide bonds. The van der Waals surface area contributed by atoms with Crippen molar-refractivity contribution in [3.8, 4) is 11.4 Å². The fraction of sp³-hybridized carbons (Fsp3) is 0.346. The van der Waals surface area contributed by atoms with Crippen LogP contribution in [0.4, 0.5) is 28.1 Å². The van der Waals surface area contributed by atoms with E-state index in [0.29, 0.717) is 47.9 Å². The maximum Gasteiger partial charge on any atom is 0.338 e. The summed E-state index contributed by atoms with van der Waals surface area (Å²) in [4.78, 5) is 42.9. The number of nitrogens with one attached hydrogen (secondary N) is 2. The van der Waals surface area contributed by atoms with Gasteiger partial charge in [-0.25, -0.2) is 9.59 Å². The molecule has 0 atom stereocenters. The van der Waals surface area contributed by atoms with E-state index in [1.165, 1.54) is 0 Å². The van der Waals surface area contributed by atoms with Crippen molar-refractivity contribution in [2.45, 2.75) is 6.61 Å². The first kappa shape index (κ1) is 24.4. The number of benzene rings is 2. The number of carbonyl (C=O) groups is 2. The van der Waals surface area contributed by atoms with Gasteiger partial charge in [-0.05, 0) is 42.5 Å². The Hall–Kier alpha value is -3.90. The molecule has 0 radical (unpaired) electrons. The van der Waals surface area contributed by atoms with Gasteiger partial charge >= 0.3 is 12.0 Å². The number of fused-ring (bicyclic) bond motifs is 1. The average Bonchev–Trinajstić information content (AvgIpc) is 3.33. The molecule has 0 unspecified atom stereocenters. The molecule has 0 bridgehead atoms. The average molecular weight is 534 g/mol. The van der Waals surface area contributed by atoms with Gasteiger partial charge in [0.25, 0.3) is 0 Å². The summed E-state index contributed by atoms with van der Waals surface area (Å²) >= 11 is 1.94. The Balaban J connectivity index is 1.18. The van der Waals surface area contributed by atoms with Gasteiger partial charge in [0.2, 0.25) is 11.9 Å². The second-order valence-electron chi connectivity index (χ2n) is 9.06. The van der Waals surface area contributed by atoms with Crippen LogP contribution in [-0.2, 0) is 16.1 Å². The molecule has 0 saturated carbocycles. The van der Waals surface area contributed by atoms with Crippen LogP contribution in [0.2, 0.25) is 0 Å². The molecule has 0 aliphatic carbocycles. The standard InChI is InChI=1S/C26H27N7O4S/c34-23-21-6-5-20(15-18(21)16-37-23)28-26(35)27-19-3-1-17(2-4-19)22-29-24(32-7-11-36-12-8-32)31-25(30-22)33-9-13-38-14-10-33/h1-6,15H,7-14,16H2,(H2,27,28,35). The summed E-state index contributed by atoms with van der Waals surface area (Å²) in [5, 5.41) is 5.63. The molecule has 38 heavy (non-hydrogen) atoms. The molecule has 0 spiro atoms. The zero-order valence-electron chi connectivity index (χ0n) is 20.7. The number of nitrogens with zero attached hydrogens (tertiary/aromatic N) is 5. The summed E-state index contributed by atoms with van der Waals surface area (Å²) < 4.78 is 10.5. The first-order chi connectivity index (χ1) is 18.6. The Morgan fingerprint density at radius 3 is 2.24 bits per heavy atom. The highest BCUT2D eigenvalue weighted by molar-refractivity contribution is 7.99. The summed E-state index contributed by atoms with van der Waals surface area (Å²) in [5.74, 6) is 3.71. The number of thioether (sulfide) groups is 1. The van der Waals surface area contributed by atoms with E-state index < -0.39 is 0 Å². The highest BCUT2D eigenvalue weighted by atomic mass is 32.2. The van der Waals surface area contributed by atoms with E-state index in [0.717, 1.165) is 48.8 Å². The number of ether oxygens (including phenoxy) is 2. The van der Waals surface area contributed by atoms with Crippen LogP contribution in [0.1, 0.15) is 15.9 Å². The molecule has 1 aromatic heterocycles. The predicted molar refractivity (Wildman–Crippen MR) is 146 cm³/mol. The lowest BCUT2D eigenvalue weighted by molar-refractivity contribution is 0.0535. The van der Waals surface area contributed by atoms with E-state index in [1.54, 1.807) is 18.2 Å². The maximum atomic E-state index is 12.6. The number of amides is 2. The summed E-state index contributed by atoms with van der Waals surface area (Å²) in [7, 11) is 0. The number of hydrogen-bond acceptors (Lipinski definition) is 10. The van der Waals surface area contributed by atoms with Crippen LogP contribution in [0.15, 0.2) is 42.5 Å². The molecule has 196 valence electrons. The van der Waals surface area contributed by atoms with E-state index in [2.05, 4.69) is 20.4 Å². The Kier molecular flexibility index (Phi) is 6.97. The van der Waals surface area contributed by atoms with Crippen molar-refractivity contribution in [3.05, 3.63) is 53.6 Å². The van der Waals surface area contributed by atoms with Crippen molar-refractivity contribution in [2.75, 3.05) is 71.3 Å². The third kappa shape index (κ3) is 5.36. The number of urea groups is 1. The molecule has 3 aliphatic heterocycles. The van der Waals surface area contributed by atoms with Crippen LogP contribution in [0.25, 0.3) is 11.4 Å². The Labute approximate surface area is 223 Å². The third-order valence-electron chi connectivity index (χ3n) is 6.54. The fourth-order valence-corrected chi connectivity index (χ4v) is 5.40. The van der Waals surface area contributed by atoms with Gasteiger partial charge in [-0.1, -0.05) is 0 Å². The van der Waals surface area contributed by atoms with Gasteiger partial charge in [-0.15, -0.1) is 0 Å². The fourth-order valence-electron chi connectivity index (χ4n) is 4.50. The van der Waals surface area contributed by atoms with Gasteiger partial charge in [0.05, 0.1) is 18.8 Å². The lowest BCUT2D eigenvalue weighted by Gasteiger charge is -2.30. The summed E-state index contributed by atoms with van der Waals surface area (Å²) in [6, 6.07) is 12.1. The van der Waals surface area contributed by atoms with Crippen molar-refractivity contribution >= 4 is 47.0 Å². The molecule has 2 aromatic carbocycles. The quantitative estimate of drug-likeness (QED) is 0.473. The van der Waals surface area contributed by atoms with Crippen molar-refractivity contribution < 1.29 is 19.1 Å². The Bertz CT molecular complexity index is 1310. The van der Waals surface area contributed by atoms with E-state index in [-0.39, 0.29) is 18.6 Å². The zero-order chi connectivity index (χ0) is 25.9. The van der Waals surface area contributed by atoms with E-state index in [4.69, 9.17) is 24.4 Å². The van der Waals surface area contributed by atoms with Crippen molar-refractivity contribution in [2.24, 2.45) is 0 Å². The van der Waals surface area contributed by atoms with Gasteiger partial charge in [-0.2, -0.15) is 26.7 Å². The second-order valence-corrected chi connectivity index (χ2v) is 10.3. The minimum Gasteiger partial charge on any atom is -0.457 e. The molecule has 3 aliphatic rings. The minimum atomic E-state index is -0.386. The predicted octanol–water partition coefficient (Wildman–Crippen LogP) is 3.24. The van der Waals surface area contributed by atoms with Gasteiger partial charge in [0.1, 0.15) is 6.61 Å². The number of esters is 1. The Morgan fingerprint density at radius 2 is 1.50 bits per heavy atom. The number of aromatic nitrogens is 3. The van der Waals surface area contributed by atoms with Crippen LogP contribution >= 0.6 is 11.8 Å². The summed E-state index contributed by atoms with van der Waals surface area (Å²) in [5.41, 5.74) is 3.34. The van der Waals surface area contributed by atoms with Gasteiger partial charge in [-0.3, -0.25) is 0 Å². The largest absolute Gasteiger partial charge is 0.457 e. The third-order valence-corrected chi connectivity index (χ3v) is 7.48. The molecular weight excluding hydrogens is 506 g/mol. The van der Waals surface area contributed by atoms with Gasteiger partial charge < -0.3 is 29.9 Å². The summed E-state index contributed by atoms with van der Waals surface area (Å²) in [6.07, 6.45) is 0. The SMILES string of the molecule is O=C(Nc1ccc(-c2nc(N3CCOCC3)nc(N3CCSCC3)n2)cc1)Nc1ccc2c(c1)COC2=O. The van der Waals surface area contributed by atoms with Gasteiger partial charge in [0, 0.05) is 60.2 Å². The van der Waals surface area contributed by atoms with Crippen LogP contribution in [0.3, 0.4) is 0 Å². The van der Waals surface area contributed by atoms with Crippen LogP contribution in [0.5, 0.6) is 0 Å². The van der Waals surface area contributed by atoms with E-state index >= 15 is 0 Å². The summed E-state index contributed by atoms with van der Waals surface area (Å²) in [6.45, 7) is 4.81. The lowest BCUT2D eigenvalue weighted by atomic mass is 10.1. The molecule has 3 aromatic rings. The number of cyclic esters (lactones) is 1. The smallest absolute Gasteiger partial charge is 0.338 e. The molecule has 2 N–H and O–H groups in total. The van der Waals surface area contributed by atoms with Crippen LogP contribution in [-0.4, -0.2) is 77.9 Å². The van der Waals surface area contributed by atoms with E-state index in [1.807, 2.05) is 36.0 Å². The topological polar surface area (TPSA) is 122 Å². The number of anilines is 4. The van der Waals surface area contributed by atoms with Crippen molar-refractivity contribution in [1.29, 1.82) is 0 Å². The number of carbonyl (C=O) groups excluding carboxylic acids is 2. The van der Waals surface area contributed by atoms with Gasteiger partial charge in [0.15, 0.2) is 5.82 Å². The molecule has 11 nitrogen and oxygen atoms in total. The first-order valence-electron chi connectivity index (χ1n) is 12.5. The number of morpholine rings is 1. The maximum absolute atomic E-state index is 12.6. The van der Waals surface area contributed by atoms with Crippen LogP contribution in [0, 0.1) is 0 Å². The normalized spacial score (nSPS) is 17.1. The minimum absolute atomic E-state index is 0.218. The molecular formula is C26H27N7O4S. The molecule has 6 rings (SSSR count). The molecule has 12 heteroatoms. The van der Waals surface area contributed by atoms with Crippen molar-refractivity contribution in [3.63, 3.8) is 0 Å². The Morgan fingerprint density at radius 1 is 0.842 bits per heavy atom. The second kappa shape index (κ2) is 10.8. The zero-order valence-corrected chi connectivity index (χ0v) is 21.5. The van der Waals surface area contributed by atoms with Crippen molar-refractivity contribution in [1.82, 2.24) is 15.0 Å². The van der Waals surface area contributed by atoms with Crippen LogP contribution < -0.4 is 20.4 Å². The molecule has 2 saturated heterocycles. The number of hydrogen-bond donors (Lipinski definition) is 2. The first-order valence-corrected chi connectivity index (χ1v) is 13.7. The van der Waals surface area contributed by atoms with E-state index in [9.17, 15) is 9.59 Å². The monoisotopic (exact) mass is 533 g/mol. The molecule has 2 fully saturated rings. The molecule has 4 heterocycles. The highest BCUT2D eigenvalue weighted by Crippen LogP contribution is 2.26. The highest BCUT2D eigenvalue weighted by Gasteiger charge is 2.22.